The van der Waals surface area contributed by atoms with Gasteiger partial charge in [0.2, 0.25) is 6.79 Å². The molecule has 0 N–H and O–H groups in total. The number of aromatic nitrogens is 5. The summed E-state index contributed by atoms with van der Waals surface area (Å²) in [5, 5.41) is 0.485. The Kier molecular flexibility index (Phi) is 4.71. The monoisotopic (exact) mass is 441 g/mol. The van der Waals surface area contributed by atoms with E-state index < -0.39 is 0 Å². The molecule has 1 aliphatic heterocycles. The van der Waals surface area contributed by atoms with Gasteiger partial charge in [-0.1, -0.05) is 38.3 Å². The topological polar surface area (TPSA) is 84.1 Å². The van der Waals surface area contributed by atoms with Gasteiger partial charge in [0.05, 0.1) is 23.0 Å². The van der Waals surface area contributed by atoms with Gasteiger partial charge < -0.3 is 9.47 Å². The Labute approximate surface area is 189 Å². The van der Waals surface area contributed by atoms with Crippen LogP contribution in [-0.4, -0.2) is 30.9 Å². The van der Waals surface area contributed by atoms with Crippen LogP contribution in [0.4, 0.5) is 0 Å². The lowest BCUT2D eigenvalue weighted by Crippen LogP contribution is -2.20. The molecule has 0 aliphatic carbocycles. The van der Waals surface area contributed by atoms with Crippen LogP contribution in [0.15, 0.2) is 53.6 Å². The Morgan fingerprint density at radius 2 is 1.76 bits per heavy atom. The minimum atomic E-state index is -0.0921. The summed E-state index contributed by atoms with van der Waals surface area (Å²) < 4.78 is 14.6. The van der Waals surface area contributed by atoms with Crippen molar-refractivity contribution < 1.29 is 9.47 Å². The van der Waals surface area contributed by atoms with Crippen molar-refractivity contribution in [3.8, 4) is 17.2 Å². The van der Waals surface area contributed by atoms with E-state index in [9.17, 15) is 4.79 Å². The zero-order chi connectivity index (χ0) is 22.4. The molecule has 33 heavy (non-hydrogen) atoms. The highest BCUT2D eigenvalue weighted by molar-refractivity contribution is 6.05. The minimum Gasteiger partial charge on any atom is -0.454 e. The van der Waals surface area contributed by atoms with Crippen molar-refractivity contribution >= 4 is 33.2 Å². The molecule has 1 aliphatic rings. The smallest absolute Gasteiger partial charge is 0.265 e. The summed E-state index contributed by atoms with van der Waals surface area (Å²) in [5.41, 5.74) is 3.89. The van der Waals surface area contributed by atoms with E-state index in [4.69, 9.17) is 24.4 Å². The van der Waals surface area contributed by atoms with Crippen molar-refractivity contribution in [2.24, 2.45) is 0 Å². The maximum absolute atomic E-state index is 13.6. The summed E-state index contributed by atoms with van der Waals surface area (Å²) in [6.45, 7) is 3.00. The second kappa shape index (κ2) is 7.88. The van der Waals surface area contributed by atoms with Gasteiger partial charge in [0, 0.05) is 12.6 Å². The van der Waals surface area contributed by atoms with E-state index in [0.29, 0.717) is 40.2 Å². The van der Waals surface area contributed by atoms with E-state index in [1.807, 2.05) is 47.0 Å². The first-order valence-electron chi connectivity index (χ1n) is 11.3. The molecule has 8 heteroatoms. The van der Waals surface area contributed by atoms with Crippen molar-refractivity contribution in [1.82, 2.24) is 24.1 Å². The van der Waals surface area contributed by atoms with E-state index in [0.717, 1.165) is 42.4 Å². The molecule has 0 amide bonds. The summed E-state index contributed by atoms with van der Waals surface area (Å²) in [6.07, 6.45) is 5.97. The molecule has 166 valence electrons. The first-order chi connectivity index (χ1) is 16.2. The lowest BCUT2D eigenvalue weighted by molar-refractivity contribution is 0.174. The van der Waals surface area contributed by atoms with Gasteiger partial charge in [0.15, 0.2) is 22.8 Å². The summed E-state index contributed by atoms with van der Waals surface area (Å²) in [4.78, 5) is 28.0. The quantitative estimate of drug-likeness (QED) is 0.358. The Bertz CT molecular complexity index is 1570. The first-order valence-corrected chi connectivity index (χ1v) is 11.3. The molecule has 4 heterocycles. The third-order valence-corrected chi connectivity index (χ3v) is 6.10. The van der Waals surface area contributed by atoms with Crippen molar-refractivity contribution in [2.75, 3.05) is 6.79 Å². The van der Waals surface area contributed by atoms with Gasteiger partial charge in [0.25, 0.3) is 5.56 Å². The lowest BCUT2D eigenvalue weighted by atomic mass is 10.2. The van der Waals surface area contributed by atoms with Gasteiger partial charge in [0.1, 0.15) is 10.9 Å². The number of hydrogen-bond acceptors (Lipinski definition) is 6. The Morgan fingerprint density at radius 3 is 2.61 bits per heavy atom. The summed E-state index contributed by atoms with van der Waals surface area (Å²) in [7, 11) is 0. The second-order valence-electron chi connectivity index (χ2n) is 8.26. The van der Waals surface area contributed by atoms with Crippen molar-refractivity contribution in [1.29, 1.82) is 0 Å². The van der Waals surface area contributed by atoms with Crippen LogP contribution in [0.1, 0.15) is 32.6 Å². The van der Waals surface area contributed by atoms with E-state index >= 15 is 0 Å². The molecule has 0 bridgehead atoms. The fraction of sp³-hybridized carbons (Fsp3) is 0.280. The van der Waals surface area contributed by atoms with Gasteiger partial charge in [-0.2, -0.15) is 0 Å². The maximum Gasteiger partial charge on any atom is 0.265 e. The molecule has 0 saturated heterocycles. The molecule has 5 aromatic rings. The lowest BCUT2D eigenvalue weighted by Gasteiger charge is -2.08. The van der Waals surface area contributed by atoms with Crippen LogP contribution >= 0.6 is 0 Å². The molecule has 0 spiro atoms. The van der Waals surface area contributed by atoms with Gasteiger partial charge >= 0.3 is 0 Å². The molecule has 8 nitrogen and oxygen atoms in total. The number of para-hydroxylation sites is 2. The average Bonchev–Trinajstić information content (AvgIpc) is 3.43. The van der Waals surface area contributed by atoms with E-state index in [1.54, 1.807) is 10.9 Å². The number of unbranched alkanes of at least 4 members (excludes halogenated alkanes) is 3. The van der Waals surface area contributed by atoms with Crippen LogP contribution in [0.5, 0.6) is 11.5 Å². The fourth-order valence-corrected chi connectivity index (χ4v) is 4.41. The number of ether oxygens (including phenoxy) is 2. The molecular formula is C25H23N5O3. The number of benzene rings is 2. The molecule has 6 rings (SSSR count). The van der Waals surface area contributed by atoms with Crippen LogP contribution < -0.4 is 15.0 Å². The largest absolute Gasteiger partial charge is 0.454 e. The molecular weight excluding hydrogens is 418 g/mol. The van der Waals surface area contributed by atoms with Gasteiger partial charge in [-0.3, -0.25) is 13.9 Å². The van der Waals surface area contributed by atoms with E-state index in [1.165, 1.54) is 0 Å². The molecule has 0 unspecified atom stereocenters. The van der Waals surface area contributed by atoms with Gasteiger partial charge in [-0.05, 0) is 30.7 Å². The summed E-state index contributed by atoms with van der Waals surface area (Å²) in [6, 6.07) is 13.3. The molecule has 3 aromatic heterocycles. The SMILES string of the molecule is CCCCCCn1cnc2c(c1=O)c1nc3ccccc3nc1n2-c1ccc2c(c1)OCO2. The highest BCUT2D eigenvalue weighted by Crippen LogP contribution is 2.36. The molecule has 0 saturated carbocycles. The molecule has 2 aromatic carbocycles. The van der Waals surface area contributed by atoms with Crippen molar-refractivity contribution in [3.05, 3.63) is 59.1 Å². The number of rotatable bonds is 6. The molecule has 0 radical (unpaired) electrons. The Hall–Kier alpha value is -3.94. The summed E-state index contributed by atoms with van der Waals surface area (Å²) in [5.74, 6) is 1.35. The molecule has 0 fully saturated rings. The third-order valence-electron chi connectivity index (χ3n) is 6.10. The minimum absolute atomic E-state index is 0.0921. The normalized spacial score (nSPS) is 12.9. The third kappa shape index (κ3) is 3.21. The number of fused-ring (bicyclic) bond motifs is 5. The molecule has 0 atom stereocenters. The average molecular weight is 441 g/mol. The highest BCUT2D eigenvalue weighted by atomic mass is 16.7. The van der Waals surface area contributed by atoms with Gasteiger partial charge in [-0.25, -0.2) is 15.0 Å². The predicted octanol–water partition coefficient (Wildman–Crippen LogP) is 4.59. The van der Waals surface area contributed by atoms with Crippen LogP contribution in [0, 0.1) is 0 Å². The fourth-order valence-electron chi connectivity index (χ4n) is 4.41. The highest BCUT2D eigenvalue weighted by Gasteiger charge is 2.22. The number of aryl methyl sites for hydroxylation is 1. The van der Waals surface area contributed by atoms with Crippen LogP contribution in [0.3, 0.4) is 0 Å². The van der Waals surface area contributed by atoms with E-state index in [2.05, 4.69) is 6.92 Å². The zero-order valence-electron chi connectivity index (χ0n) is 18.3. The van der Waals surface area contributed by atoms with Crippen LogP contribution in [0.2, 0.25) is 0 Å². The van der Waals surface area contributed by atoms with Crippen molar-refractivity contribution in [2.45, 2.75) is 39.2 Å². The Balaban J connectivity index is 1.62. The maximum atomic E-state index is 13.6. The predicted molar refractivity (Wildman–Crippen MR) is 126 cm³/mol. The first kappa shape index (κ1) is 19.7. The Morgan fingerprint density at radius 1 is 0.939 bits per heavy atom. The van der Waals surface area contributed by atoms with E-state index in [-0.39, 0.29) is 12.4 Å². The second-order valence-corrected chi connectivity index (χ2v) is 8.26. The standard InChI is InChI=1S/C25H23N5O3/c1-2-3-4-7-12-29-14-26-23-21(25(29)31)22-24(28-18-9-6-5-8-17(18)27-22)30(23)16-10-11-19-20(13-16)33-15-32-19/h5-6,8-11,13-14H,2-4,7,12,15H2,1H3. The summed E-state index contributed by atoms with van der Waals surface area (Å²) >= 11 is 0. The van der Waals surface area contributed by atoms with Crippen LogP contribution in [-0.2, 0) is 6.54 Å². The number of nitrogens with zero attached hydrogens (tertiary/aromatic N) is 5. The van der Waals surface area contributed by atoms with Crippen molar-refractivity contribution in [3.63, 3.8) is 0 Å². The number of hydrogen-bond donors (Lipinski definition) is 0. The zero-order valence-corrected chi connectivity index (χ0v) is 18.3. The van der Waals surface area contributed by atoms with Crippen LogP contribution in [0.25, 0.3) is 38.9 Å². The van der Waals surface area contributed by atoms with Gasteiger partial charge in [-0.15, -0.1) is 0 Å².